The lowest BCUT2D eigenvalue weighted by molar-refractivity contribution is 0.103. The Morgan fingerprint density at radius 2 is 1.80 bits per heavy atom. The Morgan fingerprint density at radius 3 is 2.55 bits per heavy atom. The zero-order chi connectivity index (χ0) is 13.9. The maximum Gasteiger partial charge on any atom is 0.211 e. The van der Waals surface area contributed by atoms with Crippen LogP contribution >= 0.6 is 22.6 Å². The highest BCUT2D eigenvalue weighted by Gasteiger charge is 2.15. The normalized spacial score (nSPS) is 10.4. The zero-order valence-electron chi connectivity index (χ0n) is 10.5. The lowest BCUT2D eigenvalue weighted by Gasteiger charge is -2.07. The van der Waals surface area contributed by atoms with Crippen molar-refractivity contribution in [2.24, 2.45) is 0 Å². The molecule has 0 N–H and O–H groups in total. The van der Waals surface area contributed by atoms with Crippen molar-refractivity contribution in [3.05, 3.63) is 81.7 Å². The van der Waals surface area contributed by atoms with E-state index in [0.717, 1.165) is 9.26 Å². The molecule has 0 radical (unpaired) electrons. The molecule has 0 saturated heterocycles. The van der Waals surface area contributed by atoms with Crippen LogP contribution in [0.15, 0.2) is 66.9 Å². The van der Waals surface area contributed by atoms with Crippen LogP contribution in [0.5, 0.6) is 0 Å². The van der Waals surface area contributed by atoms with Crippen molar-refractivity contribution in [1.29, 1.82) is 0 Å². The van der Waals surface area contributed by atoms with Gasteiger partial charge < -0.3 is 0 Å². The molecule has 2 aromatic carbocycles. The van der Waals surface area contributed by atoms with Gasteiger partial charge in [0.2, 0.25) is 5.78 Å². The summed E-state index contributed by atoms with van der Waals surface area (Å²) >= 11 is 2.20. The maximum atomic E-state index is 12.6. The van der Waals surface area contributed by atoms with Crippen LogP contribution in [0.3, 0.4) is 0 Å². The fourth-order valence-electron chi connectivity index (χ4n) is 2.03. The van der Waals surface area contributed by atoms with Gasteiger partial charge in [-0.05, 0) is 52.9 Å². The highest BCUT2D eigenvalue weighted by atomic mass is 127. The van der Waals surface area contributed by atoms with Crippen LogP contribution in [-0.2, 0) is 0 Å². The van der Waals surface area contributed by atoms with Gasteiger partial charge in [0.15, 0.2) is 0 Å². The van der Waals surface area contributed by atoms with E-state index in [9.17, 15) is 4.79 Å². The molecule has 98 valence electrons. The Bertz CT molecular complexity index is 750. The summed E-state index contributed by atoms with van der Waals surface area (Å²) in [5.74, 6) is -0.0233. The number of aromatic nitrogens is 2. The number of carbonyl (C=O) groups is 1. The van der Waals surface area contributed by atoms with E-state index in [1.54, 1.807) is 16.9 Å². The molecule has 0 fully saturated rings. The Labute approximate surface area is 130 Å². The molecule has 20 heavy (non-hydrogen) atoms. The molecule has 0 bridgehead atoms. The summed E-state index contributed by atoms with van der Waals surface area (Å²) in [4.78, 5) is 12.6. The van der Waals surface area contributed by atoms with Crippen LogP contribution in [0.25, 0.3) is 5.69 Å². The monoisotopic (exact) mass is 374 g/mol. The van der Waals surface area contributed by atoms with Crippen molar-refractivity contribution in [1.82, 2.24) is 9.78 Å². The van der Waals surface area contributed by atoms with Crippen LogP contribution in [-0.4, -0.2) is 15.6 Å². The van der Waals surface area contributed by atoms with E-state index >= 15 is 0 Å². The molecule has 1 aromatic heterocycles. The van der Waals surface area contributed by atoms with Gasteiger partial charge in [-0.2, -0.15) is 5.10 Å². The number of nitrogens with zero attached hydrogens (tertiary/aromatic N) is 2. The lowest BCUT2D eigenvalue weighted by Crippen LogP contribution is -2.10. The second kappa shape index (κ2) is 5.58. The molecule has 4 heteroatoms. The fourth-order valence-corrected chi connectivity index (χ4v) is 2.57. The van der Waals surface area contributed by atoms with E-state index in [1.807, 2.05) is 54.6 Å². The molecule has 1 heterocycles. The first kappa shape index (κ1) is 13.1. The maximum absolute atomic E-state index is 12.6. The second-order valence-corrected chi connectivity index (χ2v) is 5.55. The van der Waals surface area contributed by atoms with Crippen LogP contribution in [0.1, 0.15) is 16.1 Å². The molecular weight excluding hydrogens is 363 g/mol. The Balaban J connectivity index is 2.04. The Kier molecular flexibility index (Phi) is 3.64. The third kappa shape index (κ3) is 2.51. The summed E-state index contributed by atoms with van der Waals surface area (Å²) < 4.78 is 2.71. The van der Waals surface area contributed by atoms with E-state index in [0.29, 0.717) is 11.3 Å². The third-order valence-corrected chi connectivity index (χ3v) is 3.63. The van der Waals surface area contributed by atoms with Crippen molar-refractivity contribution in [2.45, 2.75) is 0 Å². The molecule has 0 atom stereocenters. The molecule has 0 spiro atoms. The highest BCUT2D eigenvalue weighted by Crippen LogP contribution is 2.16. The van der Waals surface area contributed by atoms with Gasteiger partial charge in [-0.1, -0.05) is 30.3 Å². The minimum atomic E-state index is -0.0233. The summed E-state index contributed by atoms with van der Waals surface area (Å²) in [5.41, 5.74) is 2.12. The van der Waals surface area contributed by atoms with E-state index in [1.165, 1.54) is 0 Å². The number of carbonyl (C=O) groups excluding carboxylic acids is 1. The number of halogens is 1. The smallest absolute Gasteiger partial charge is 0.211 e. The third-order valence-electron chi connectivity index (χ3n) is 2.96. The van der Waals surface area contributed by atoms with Crippen molar-refractivity contribution in [3.8, 4) is 5.69 Å². The molecular formula is C16H11IN2O. The van der Waals surface area contributed by atoms with Crippen molar-refractivity contribution in [3.63, 3.8) is 0 Å². The van der Waals surface area contributed by atoms with E-state index in [2.05, 4.69) is 27.7 Å². The molecule has 0 unspecified atom stereocenters. The summed E-state index contributed by atoms with van der Waals surface area (Å²) in [6, 6.07) is 19.0. The molecule has 0 aliphatic rings. The standard InChI is InChI=1S/C16H11IN2O/c17-13-6-4-5-12(11-13)16(20)15-9-10-18-19(15)14-7-2-1-3-8-14/h1-11H. The SMILES string of the molecule is O=C(c1cccc(I)c1)c1ccnn1-c1ccccc1. The van der Waals surface area contributed by atoms with Crippen LogP contribution < -0.4 is 0 Å². The number of para-hydroxylation sites is 1. The Morgan fingerprint density at radius 1 is 1.00 bits per heavy atom. The highest BCUT2D eigenvalue weighted by molar-refractivity contribution is 14.1. The minimum absolute atomic E-state index is 0.0233. The summed E-state index contributed by atoms with van der Waals surface area (Å²) in [6.45, 7) is 0. The predicted octanol–water partition coefficient (Wildman–Crippen LogP) is 3.71. The van der Waals surface area contributed by atoms with Gasteiger partial charge in [0, 0.05) is 9.13 Å². The summed E-state index contributed by atoms with van der Waals surface area (Å²) in [7, 11) is 0. The van der Waals surface area contributed by atoms with Crippen molar-refractivity contribution in [2.75, 3.05) is 0 Å². The van der Waals surface area contributed by atoms with Gasteiger partial charge in [-0.15, -0.1) is 0 Å². The largest absolute Gasteiger partial charge is 0.287 e. The van der Waals surface area contributed by atoms with Gasteiger partial charge in [-0.3, -0.25) is 4.79 Å². The van der Waals surface area contributed by atoms with Gasteiger partial charge in [-0.25, -0.2) is 4.68 Å². The topological polar surface area (TPSA) is 34.9 Å². The molecule has 0 aliphatic heterocycles. The summed E-state index contributed by atoms with van der Waals surface area (Å²) in [5, 5.41) is 4.25. The molecule has 0 saturated carbocycles. The predicted molar refractivity (Wildman–Crippen MR) is 86.2 cm³/mol. The zero-order valence-corrected chi connectivity index (χ0v) is 12.7. The van der Waals surface area contributed by atoms with Gasteiger partial charge in [0.1, 0.15) is 5.69 Å². The van der Waals surface area contributed by atoms with Gasteiger partial charge in [0.25, 0.3) is 0 Å². The first-order valence-electron chi connectivity index (χ1n) is 6.15. The molecule has 3 rings (SSSR count). The lowest BCUT2D eigenvalue weighted by atomic mass is 10.1. The first-order valence-corrected chi connectivity index (χ1v) is 7.23. The van der Waals surface area contributed by atoms with E-state index < -0.39 is 0 Å². The summed E-state index contributed by atoms with van der Waals surface area (Å²) in [6.07, 6.45) is 1.65. The minimum Gasteiger partial charge on any atom is -0.287 e. The first-order chi connectivity index (χ1) is 9.75. The van der Waals surface area contributed by atoms with Crippen LogP contribution in [0.4, 0.5) is 0 Å². The van der Waals surface area contributed by atoms with E-state index in [-0.39, 0.29) is 5.78 Å². The average Bonchev–Trinajstić information content (AvgIpc) is 2.97. The second-order valence-electron chi connectivity index (χ2n) is 4.30. The van der Waals surface area contributed by atoms with Crippen molar-refractivity contribution >= 4 is 28.4 Å². The van der Waals surface area contributed by atoms with Crippen molar-refractivity contribution < 1.29 is 4.79 Å². The van der Waals surface area contributed by atoms with Gasteiger partial charge >= 0.3 is 0 Å². The number of ketones is 1. The average molecular weight is 374 g/mol. The number of benzene rings is 2. The Hall–Kier alpha value is -1.95. The molecule has 0 amide bonds. The van der Waals surface area contributed by atoms with Crippen LogP contribution in [0, 0.1) is 3.57 Å². The number of hydrogen-bond donors (Lipinski definition) is 0. The van der Waals surface area contributed by atoms with Gasteiger partial charge in [0.05, 0.1) is 11.9 Å². The molecule has 3 aromatic rings. The van der Waals surface area contributed by atoms with E-state index in [4.69, 9.17) is 0 Å². The number of hydrogen-bond acceptors (Lipinski definition) is 2. The quantitative estimate of drug-likeness (QED) is 0.518. The fraction of sp³-hybridized carbons (Fsp3) is 0. The molecule has 0 aliphatic carbocycles. The number of rotatable bonds is 3. The van der Waals surface area contributed by atoms with Crippen LogP contribution in [0.2, 0.25) is 0 Å². The molecule has 3 nitrogen and oxygen atoms in total.